The summed E-state index contributed by atoms with van der Waals surface area (Å²) < 4.78 is 10.1. The van der Waals surface area contributed by atoms with Crippen LogP contribution in [0.4, 0.5) is 0 Å². The molecule has 2 aliphatic rings. The van der Waals surface area contributed by atoms with Crippen molar-refractivity contribution in [1.82, 2.24) is 0 Å². The van der Waals surface area contributed by atoms with Crippen LogP contribution in [0.25, 0.3) is 0 Å². The van der Waals surface area contributed by atoms with Crippen molar-refractivity contribution in [2.75, 3.05) is 13.2 Å². The second-order valence-electron chi connectivity index (χ2n) is 6.43. The van der Waals surface area contributed by atoms with E-state index in [4.69, 9.17) is 9.47 Å². The van der Waals surface area contributed by atoms with E-state index in [9.17, 15) is 4.79 Å². The molecule has 3 nitrogen and oxygen atoms in total. The first-order valence-electron chi connectivity index (χ1n) is 7.52. The number of carbonyl (C=O) groups excluding carboxylic acids is 1. The number of hydrogen-bond acceptors (Lipinski definition) is 3. The lowest BCUT2D eigenvalue weighted by Gasteiger charge is -2.35. The highest BCUT2D eigenvalue weighted by atomic mass is 16.6. The number of allylic oxidation sites excluding steroid dienone is 1. The fourth-order valence-electron chi connectivity index (χ4n) is 3.09. The van der Waals surface area contributed by atoms with Crippen molar-refractivity contribution in [3.63, 3.8) is 0 Å². The lowest BCUT2D eigenvalue weighted by molar-refractivity contribution is -0.138. The zero-order valence-electron chi connectivity index (χ0n) is 12.3. The summed E-state index contributed by atoms with van der Waals surface area (Å²) in [6.45, 7) is 8.00. The van der Waals surface area contributed by atoms with Gasteiger partial charge in [-0.15, -0.1) is 0 Å². The predicted molar refractivity (Wildman–Crippen MR) is 74.7 cm³/mol. The Bertz CT molecular complexity index is 331. The van der Waals surface area contributed by atoms with E-state index in [0.717, 1.165) is 12.5 Å². The molecular weight excluding hydrogens is 240 g/mol. The Morgan fingerprint density at radius 2 is 2.16 bits per heavy atom. The van der Waals surface area contributed by atoms with Gasteiger partial charge in [-0.05, 0) is 36.5 Å². The summed E-state index contributed by atoms with van der Waals surface area (Å²) in [5, 5.41) is 0. The van der Waals surface area contributed by atoms with Gasteiger partial charge in [0.1, 0.15) is 12.7 Å². The zero-order valence-corrected chi connectivity index (χ0v) is 12.3. The highest BCUT2D eigenvalue weighted by molar-refractivity contribution is 5.81. The van der Waals surface area contributed by atoms with E-state index >= 15 is 0 Å². The summed E-state index contributed by atoms with van der Waals surface area (Å²) >= 11 is 0. The van der Waals surface area contributed by atoms with Gasteiger partial charge >= 0.3 is 5.97 Å². The Hall–Kier alpha value is -0.830. The maximum Gasteiger partial charge on any atom is 0.330 e. The molecule has 2 fully saturated rings. The summed E-state index contributed by atoms with van der Waals surface area (Å²) in [7, 11) is 0. The van der Waals surface area contributed by atoms with E-state index in [1.54, 1.807) is 6.08 Å². The molecule has 0 bridgehead atoms. The number of carbonyl (C=O) groups is 1. The summed E-state index contributed by atoms with van der Waals surface area (Å²) in [5.41, 5.74) is 0. The molecule has 108 valence electrons. The van der Waals surface area contributed by atoms with E-state index in [1.165, 1.54) is 19.3 Å². The smallest absolute Gasteiger partial charge is 0.330 e. The minimum Gasteiger partial charge on any atom is -0.460 e. The number of epoxide rings is 1. The molecule has 0 amide bonds. The van der Waals surface area contributed by atoms with Crippen LogP contribution in [0.2, 0.25) is 0 Å². The Balaban J connectivity index is 1.83. The summed E-state index contributed by atoms with van der Waals surface area (Å²) in [5.74, 6) is 2.44. The topological polar surface area (TPSA) is 38.8 Å². The van der Waals surface area contributed by atoms with E-state index in [2.05, 4.69) is 26.8 Å². The third-order valence-corrected chi connectivity index (χ3v) is 4.37. The highest BCUT2D eigenvalue weighted by Gasteiger charge is 2.29. The van der Waals surface area contributed by atoms with Crippen LogP contribution in [0.1, 0.15) is 40.0 Å². The van der Waals surface area contributed by atoms with Gasteiger partial charge in [0.05, 0.1) is 6.61 Å². The van der Waals surface area contributed by atoms with Crippen molar-refractivity contribution < 1.29 is 14.3 Å². The predicted octanol–water partition coefficient (Wildman–Crippen LogP) is 3.19. The first-order chi connectivity index (χ1) is 9.06. The fraction of sp³-hybridized carbons (Fsp3) is 0.812. The summed E-state index contributed by atoms with van der Waals surface area (Å²) in [6, 6.07) is 0. The molecule has 4 atom stereocenters. The highest BCUT2D eigenvalue weighted by Crippen LogP contribution is 2.38. The van der Waals surface area contributed by atoms with Crippen molar-refractivity contribution in [2.24, 2.45) is 23.7 Å². The zero-order chi connectivity index (χ0) is 13.8. The number of hydrogen-bond donors (Lipinski definition) is 0. The quantitative estimate of drug-likeness (QED) is 0.436. The molecule has 1 aliphatic carbocycles. The van der Waals surface area contributed by atoms with Crippen LogP contribution in [0.3, 0.4) is 0 Å². The van der Waals surface area contributed by atoms with Crippen LogP contribution in [0.5, 0.6) is 0 Å². The lowest BCUT2D eigenvalue weighted by Crippen LogP contribution is -2.26. The van der Waals surface area contributed by atoms with Gasteiger partial charge in [0.15, 0.2) is 0 Å². The van der Waals surface area contributed by atoms with Crippen molar-refractivity contribution in [3.8, 4) is 0 Å². The van der Waals surface area contributed by atoms with Crippen molar-refractivity contribution in [1.29, 1.82) is 0 Å². The number of esters is 1. The van der Waals surface area contributed by atoms with Gasteiger partial charge < -0.3 is 9.47 Å². The largest absolute Gasteiger partial charge is 0.460 e. The first kappa shape index (κ1) is 14.6. The maximum atomic E-state index is 11.6. The second kappa shape index (κ2) is 6.56. The van der Waals surface area contributed by atoms with Crippen molar-refractivity contribution >= 4 is 5.97 Å². The van der Waals surface area contributed by atoms with Gasteiger partial charge in [0, 0.05) is 6.08 Å². The second-order valence-corrected chi connectivity index (χ2v) is 6.43. The number of rotatable bonds is 5. The first-order valence-corrected chi connectivity index (χ1v) is 7.52. The monoisotopic (exact) mass is 266 g/mol. The molecule has 0 aromatic carbocycles. The normalized spacial score (nSPS) is 34.7. The molecule has 2 rings (SSSR count). The Morgan fingerprint density at radius 1 is 1.42 bits per heavy atom. The van der Waals surface area contributed by atoms with Gasteiger partial charge in [-0.25, -0.2) is 4.79 Å². The Morgan fingerprint density at radius 3 is 2.79 bits per heavy atom. The SMILES string of the molecule is CC1CCC(C(C)C)C(C=CC(=O)OCC2CO2)C1. The van der Waals surface area contributed by atoms with Crippen LogP contribution < -0.4 is 0 Å². The minimum atomic E-state index is -0.226. The van der Waals surface area contributed by atoms with Gasteiger partial charge in [-0.1, -0.05) is 33.3 Å². The third-order valence-electron chi connectivity index (χ3n) is 4.37. The lowest BCUT2D eigenvalue weighted by atomic mass is 9.70. The average Bonchev–Trinajstić information content (AvgIpc) is 3.17. The van der Waals surface area contributed by atoms with Crippen molar-refractivity contribution in [2.45, 2.75) is 46.1 Å². The standard InChI is InChI=1S/C16H26O3/c1-11(2)15-6-4-12(3)8-13(15)5-7-16(17)19-10-14-9-18-14/h5,7,11-15H,4,6,8-10H2,1-3H3. The fourth-order valence-corrected chi connectivity index (χ4v) is 3.09. The van der Waals surface area contributed by atoms with E-state index in [-0.39, 0.29) is 12.1 Å². The van der Waals surface area contributed by atoms with Crippen molar-refractivity contribution in [3.05, 3.63) is 12.2 Å². The molecular formula is C16H26O3. The maximum absolute atomic E-state index is 11.6. The molecule has 0 aromatic heterocycles. The molecule has 1 heterocycles. The van der Waals surface area contributed by atoms with Crippen LogP contribution in [-0.2, 0) is 14.3 Å². The summed E-state index contributed by atoms with van der Waals surface area (Å²) in [6.07, 6.45) is 7.64. The van der Waals surface area contributed by atoms with Gasteiger partial charge in [-0.2, -0.15) is 0 Å². The Kier molecular flexibility index (Phi) is 5.03. The minimum absolute atomic E-state index is 0.149. The molecule has 1 aliphatic heterocycles. The molecule has 0 spiro atoms. The van der Waals surface area contributed by atoms with E-state index in [0.29, 0.717) is 24.4 Å². The third kappa shape index (κ3) is 4.64. The molecule has 3 heteroatoms. The van der Waals surface area contributed by atoms with Crippen LogP contribution in [0, 0.1) is 23.7 Å². The molecule has 19 heavy (non-hydrogen) atoms. The van der Waals surface area contributed by atoms with Crippen LogP contribution >= 0.6 is 0 Å². The molecule has 1 saturated heterocycles. The molecule has 0 aromatic rings. The Labute approximate surface area is 116 Å². The van der Waals surface area contributed by atoms with E-state index in [1.807, 2.05) is 0 Å². The summed E-state index contributed by atoms with van der Waals surface area (Å²) in [4.78, 5) is 11.6. The number of ether oxygens (including phenoxy) is 2. The van der Waals surface area contributed by atoms with E-state index < -0.39 is 0 Å². The van der Waals surface area contributed by atoms with Gasteiger partial charge in [0.2, 0.25) is 0 Å². The average molecular weight is 266 g/mol. The molecule has 4 unspecified atom stereocenters. The molecule has 0 radical (unpaired) electrons. The van der Waals surface area contributed by atoms with Gasteiger partial charge in [-0.3, -0.25) is 0 Å². The molecule has 1 saturated carbocycles. The molecule has 0 N–H and O–H groups in total. The van der Waals surface area contributed by atoms with Gasteiger partial charge in [0.25, 0.3) is 0 Å². The van der Waals surface area contributed by atoms with Crippen LogP contribution in [-0.4, -0.2) is 25.3 Å². The van der Waals surface area contributed by atoms with Crippen LogP contribution in [0.15, 0.2) is 12.2 Å².